The van der Waals surface area contributed by atoms with Gasteiger partial charge in [-0.1, -0.05) is 30.4 Å². The third kappa shape index (κ3) is 2.32. The quantitative estimate of drug-likeness (QED) is 0.740. The number of hydrogen-bond donors (Lipinski definition) is 0. The summed E-state index contributed by atoms with van der Waals surface area (Å²) in [5.74, 6) is -0.0723. The minimum atomic E-state index is -0.341. The molecule has 1 aromatic carbocycles. The van der Waals surface area contributed by atoms with Crippen molar-refractivity contribution in [2.24, 2.45) is 4.99 Å². The number of nitrogens with zero attached hydrogens (tertiary/aromatic N) is 2. The Hall–Kier alpha value is -2.14. The van der Waals surface area contributed by atoms with Gasteiger partial charge in [-0.05, 0) is 30.7 Å². The minimum absolute atomic E-state index is 0.269. The molecule has 0 bridgehead atoms. The molecule has 2 aromatic heterocycles. The molecule has 0 saturated carbocycles. The molecule has 20 heavy (non-hydrogen) atoms. The van der Waals surface area contributed by atoms with E-state index in [1.54, 1.807) is 12.1 Å². The normalized spacial score (nSPS) is 12.2. The number of carbonyl (C=O) groups is 1. The van der Waals surface area contributed by atoms with Crippen LogP contribution >= 0.6 is 11.3 Å². The van der Waals surface area contributed by atoms with Crippen LogP contribution in [0.1, 0.15) is 23.9 Å². The fraction of sp³-hybridized carbons (Fsp3) is 0.200. The predicted octanol–water partition coefficient (Wildman–Crippen LogP) is 3.45. The molecule has 0 radical (unpaired) electrons. The third-order valence-corrected chi connectivity index (χ3v) is 4.02. The molecule has 3 aromatic rings. The standard InChI is InChI=1S/C15H14N2O2S/c1-2-9-17-11-6-3-4-8-13(11)20-15(17)16-14(18)12-7-5-10-19-12/h3-8,10H,2,9H2,1H3. The molecule has 0 unspecified atom stereocenters. The fourth-order valence-corrected chi connectivity index (χ4v) is 3.14. The second-order valence-electron chi connectivity index (χ2n) is 4.40. The molecule has 2 heterocycles. The van der Waals surface area contributed by atoms with E-state index >= 15 is 0 Å². The zero-order chi connectivity index (χ0) is 13.9. The number of hydrogen-bond acceptors (Lipinski definition) is 3. The Morgan fingerprint density at radius 1 is 1.30 bits per heavy atom. The van der Waals surface area contributed by atoms with Gasteiger partial charge in [-0.3, -0.25) is 4.79 Å². The van der Waals surface area contributed by atoms with Crippen LogP contribution < -0.4 is 4.80 Å². The highest BCUT2D eigenvalue weighted by Gasteiger charge is 2.10. The van der Waals surface area contributed by atoms with Crippen LogP contribution in [0.25, 0.3) is 10.2 Å². The summed E-state index contributed by atoms with van der Waals surface area (Å²) in [5.41, 5.74) is 1.12. The summed E-state index contributed by atoms with van der Waals surface area (Å²) in [4.78, 5) is 17.0. The molecule has 0 aliphatic carbocycles. The largest absolute Gasteiger partial charge is 0.459 e. The molecule has 0 saturated heterocycles. The highest BCUT2D eigenvalue weighted by Crippen LogP contribution is 2.17. The van der Waals surface area contributed by atoms with Crippen molar-refractivity contribution < 1.29 is 9.21 Å². The number of furan rings is 1. The van der Waals surface area contributed by atoms with Crippen LogP contribution in [0.3, 0.4) is 0 Å². The van der Waals surface area contributed by atoms with Crippen LogP contribution in [0.4, 0.5) is 0 Å². The Kier molecular flexibility index (Phi) is 3.52. The van der Waals surface area contributed by atoms with Crippen molar-refractivity contribution in [3.05, 3.63) is 53.2 Å². The SMILES string of the molecule is CCCn1c(=NC(=O)c2ccco2)sc2ccccc21. The van der Waals surface area contributed by atoms with Crippen LogP contribution in [0.2, 0.25) is 0 Å². The first-order chi connectivity index (χ1) is 9.79. The molecule has 0 aliphatic rings. The van der Waals surface area contributed by atoms with Crippen LogP contribution in [-0.4, -0.2) is 10.5 Å². The number of carbonyl (C=O) groups excluding carboxylic acids is 1. The number of rotatable bonds is 3. The second-order valence-corrected chi connectivity index (χ2v) is 5.41. The van der Waals surface area contributed by atoms with Crippen LogP contribution in [0.15, 0.2) is 52.1 Å². The van der Waals surface area contributed by atoms with Crippen LogP contribution in [0.5, 0.6) is 0 Å². The first-order valence-corrected chi connectivity index (χ1v) is 7.32. The second kappa shape index (κ2) is 5.46. The summed E-state index contributed by atoms with van der Waals surface area (Å²) in [6.45, 7) is 2.95. The van der Waals surface area contributed by atoms with E-state index in [0.29, 0.717) is 0 Å². The molecule has 4 nitrogen and oxygen atoms in total. The minimum Gasteiger partial charge on any atom is -0.459 e. The maximum atomic E-state index is 12.0. The number of aromatic nitrogens is 1. The average molecular weight is 286 g/mol. The van der Waals surface area contributed by atoms with Gasteiger partial charge in [0.05, 0.1) is 16.5 Å². The van der Waals surface area contributed by atoms with Gasteiger partial charge in [0, 0.05) is 6.54 Å². The van der Waals surface area contributed by atoms with Gasteiger partial charge in [-0.25, -0.2) is 0 Å². The predicted molar refractivity (Wildman–Crippen MR) is 78.7 cm³/mol. The monoisotopic (exact) mass is 286 g/mol. The highest BCUT2D eigenvalue weighted by molar-refractivity contribution is 7.16. The lowest BCUT2D eigenvalue weighted by Crippen LogP contribution is -2.16. The highest BCUT2D eigenvalue weighted by atomic mass is 32.1. The lowest BCUT2D eigenvalue weighted by molar-refractivity contribution is 0.0971. The average Bonchev–Trinajstić information content (AvgIpc) is 3.08. The van der Waals surface area contributed by atoms with E-state index in [9.17, 15) is 4.79 Å². The number of para-hydroxylation sites is 1. The van der Waals surface area contributed by atoms with Gasteiger partial charge < -0.3 is 8.98 Å². The summed E-state index contributed by atoms with van der Waals surface area (Å²) >= 11 is 1.52. The molecule has 5 heteroatoms. The lowest BCUT2D eigenvalue weighted by Gasteiger charge is -2.01. The van der Waals surface area contributed by atoms with E-state index in [4.69, 9.17) is 4.42 Å². The van der Waals surface area contributed by atoms with Crippen molar-refractivity contribution in [2.75, 3.05) is 0 Å². The molecular weight excluding hydrogens is 272 g/mol. The van der Waals surface area contributed by atoms with Gasteiger partial charge in [0.15, 0.2) is 10.6 Å². The van der Waals surface area contributed by atoms with E-state index in [0.717, 1.165) is 28.0 Å². The topological polar surface area (TPSA) is 47.5 Å². The Labute approximate surface area is 120 Å². The van der Waals surface area contributed by atoms with Crippen molar-refractivity contribution in [1.29, 1.82) is 0 Å². The van der Waals surface area contributed by atoms with E-state index in [1.807, 2.05) is 18.2 Å². The Bertz CT molecular complexity index is 797. The smallest absolute Gasteiger partial charge is 0.315 e. The molecule has 1 amide bonds. The van der Waals surface area contributed by atoms with Gasteiger partial charge in [0.25, 0.3) is 0 Å². The van der Waals surface area contributed by atoms with Crippen molar-refractivity contribution in [3.8, 4) is 0 Å². The van der Waals surface area contributed by atoms with Gasteiger partial charge in [-0.2, -0.15) is 4.99 Å². The van der Waals surface area contributed by atoms with Crippen LogP contribution in [0, 0.1) is 0 Å². The van der Waals surface area contributed by atoms with Gasteiger partial charge in [-0.15, -0.1) is 0 Å². The Morgan fingerprint density at radius 2 is 2.15 bits per heavy atom. The number of fused-ring (bicyclic) bond motifs is 1. The number of aryl methyl sites for hydroxylation is 1. The maximum absolute atomic E-state index is 12.0. The summed E-state index contributed by atoms with van der Waals surface area (Å²) < 4.78 is 8.31. The summed E-state index contributed by atoms with van der Waals surface area (Å²) in [7, 11) is 0. The molecule has 0 N–H and O–H groups in total. The lowest BCUT2D eigenvalue weighted by atomic mass is 10.3. The first kappa shape index (κ1) is 12.9. The van der Waals surface area contributed by atoms with E-state index in [-0.39, 0.29) is 11.7 Å². The number of benzene rings is 1. The van der Waals surface area contributed by atoms with Crippen molar-refractivity contribution in [2.45, 2.75) is 19.9 Å². The molecule has 102 valence electrons. The van der Waals surface area contributed by atoms with Gasteiger partial charge in [0.2, 0.25) is 0 Å². The zero-order valence-corrected chi connectivity index (χ0v) is 11.9. The molecule has 0 atom stereocenters. The number of amides is 1. The molecule has 0 spiro atoms. The molecular formula is C15H14N2O2S. The van der Waals surface area contributed by atoms with Crippen molar-refractivity contribution in [1.82, 2.24) is 4.57 Å². The maximum Gasteiger partial charge on any atom is 0.315 e. The zero-order valence-electron chi connectivity index (χ0n) is 11.1. The van der Waals surface area contributed by atoms with E-state index in [1.165, 1.54) is 17.6 Å². The third-order valence-electron chi connectivity index (χ3n) is 2.96. The number of thiazole rings is 1. The van der Waals surface area contributed by atoms with Crippen molar-refractivity contribution >= 4 is 27.5 Å². The first-order valence-electron chi connectivity index (χ1n) is 6.50. The fourth-order valence-electron chi connectivity index (χ4n) is 2.09. The summed E-state index contributed by atoms with van der Waals surface area (Å²) in [5, 5.41) is 0. The molecule has 0 aliphatic heterocycles. The van der Waals surface area contributed by atoms with Crippen molar-refractivity contribution in [3.63, 3.8) is 0 Å². The summed E-state index contributed by atoms with van der Waals surface area (Å²) in [6, 6.07) is 11.4. The molecule has 0 fully saturated rings. The molecule has 3 rings (SSSR count). The van der Waals surface area contributed by atoms with E-state index in [2.05, 4.69) is 22.5 Å². The Morgan fingerprint density at radius 3 is 2.90 bits per heavy atom. The van der Waals surface area contributed by atoms with Gasteiger partial charge >= 0.3 is 5.91 Å². The Balaban J connectivity index is 2.15. The van der Waals surface area contributed by atoms with Crippen LogP contribution in [-0.2, 0) is 6.54 Å². The van der Waals surface area contributed by atoms with E-state index < -0.39 is 0 Å². The van der Waals surface area contributed by atoms with Gasteiger partial charge in [0.1, 0.15) is 0 Å². The summed E-state index contributed by atoms with van der Waals surface area (Å²) in [6.07, 6.45) is 2.47.